The molecule has 27 heavy (non-hydrogen) atoms. The van der Waals surface area contributed by atoms with Gasteiger partial charge in [0, 0.05) is 13.5 Å². The van der Waals surface area contributed by atoms with Gasteiger partial charge in [-0.25, -0.2) is 4.39 Å². The predicted molar refractivity (Wildman–Crippen MR) is 96.2 cm³/mol. The minimum absolute atomic E-state index is 0.0901. The minimum atomic E-state index is -0.356. The van der Waals surface area contributed by atoms with Crippen LogP contribution >= 0.6 is 0 Å². The maximum Gasteiger partial charge on any atom is 0.262 e. The SMILES string of the molecule is Cc1nc(COc2ccccc2C(=O)N2CCCc3ccc(F)cc32)no1. The van der Waals surface area contributed by atoms with E-state index in [9.17, 15) is 9.18 Å². The number of benzene rings is 2. The molecule has 1 aliphatic rings. The van der Waals surface area contributed by atoms with Gasteiger partial charge in [0.15, 0.2) is 6.61 Å². The van der Waals surface area contributed by atoms with Gasteiger partial charge < -0.3 is 14.2 Å². The summed E-state index contributed by atoms with van der Waals surface area (Å²) < 4.78 is 24.4. The van der Waals surface area contributed by atoms with Crippen LogP contribution in [0.25, 0.3) is 0 Å². The summed E-state index contributed by atoms with van der Waals surface area (Å²) in [4.78, 5) is 18.9. The summed E-state index contributed by atoms with van der Waals surface area (Å²) in [5.41, 5.74) is 2.00. The van der Waals surface area contributed by atoms with E-state index >= 15 is 0 Å². The summed E-state index contributed by atoms with van der Waals surface area (Å²) in [7, 11) is 0. The minimum Gasteiger partial charge on any atom is -0.485 e. The van der Waals surface area contributed by atoms with Crippen molar-refractivity contribution in [3.8, 4) is 5.75 Å². The summed E-state index contributed by atoms with van der Waals surface area (Å²) in [6, 6.07) is 11.6. The second-order valence-corrected chi connectivity index (χ2v) is 6.35. The first-order valence-electron chi connectivity index (χ1n) is 8.73. The molecule has 1 aliphatic heterocycles. The van der Waals surface area contributed by atoms with Gasteiger partial charge in [0.25, 0.3) is 5.91 Å². The third kappa shape index (κ3) is 3.53. The number of hydrogen-bond acceptors (Lipinski definition) is 5. The summed E-state index contributed by atoms with van der Waals surface area (Å²) in [5, 5.41) is 3.79. The lowest BCUT2D eigenvalue weighted by Crippen LogP contribution is -2.35. The molecule has 1 aromatic heterocycles. The smallest absolute Gasteiger partial charge is 0.262 e. The van der Waals surface area contributed by atoms with Crippen LogP contribution in [0.15, 0.2) is 47.0 Å². The molecular weight excluding hydrogens is 349 g/mol. The lowest BCUT2D eigenvalue weighted by Gasteiger charge is -2.30. The fourth-order valence-electron chi connectivity index (χ4n) is 3.22. The van der Waals surface area contributed by atoms with Crippen LogP contribution in [-0.4, -0.2) is 22.6 Å². The molecule has 0 atom stereocenters. The zero-order valence-electron chi connectivity index (χ0n) is 14.8. The van der Waals surface area contributed by atoms with E-state index in [1.807, 2.05) is 0 Å². The van der Waals surface area contributed by atoms with E-state index in [0.717, 1.165) is 18.4 Å². The Labute approximate surface area is 155 Å². The summed E-state index contributed by atoms with van der Waals surface area (Å²) in [5.74, 6) is 0.699. The van der Waals surface area contributed by atoms with E-state index in [1.54, 1.807) is 42.2 Å². The van der Waals surface area contributed by atoms with E-state index in [1.165, 1.54) is 12.1 Å². The highest BCUT2D eigenvalue weighted by Gasteiger charge is 2.26. The summed E-state index contributed by atoms with van der Waals surface area (Å²) in [6.45, 7) is 2.32. The Hall–Kier alpha value is -3.22. The average molecular weight is 367 g/mol. The van der Waals surface area contributed by atoms with E-state index in [0.29, 0.717) is 35.3 Å². The Balaban J connectivity index is 1.61. The average Bonchev–Trinajstić information content (AvgIpc) is 3.11. The Kier molecular flexibility index (Phi) is 4.58. The van der Waals surface area contributed by atoms with Crippen LogP contribution < -0.4 is 9.64 Å². The number of nitrogens with zero attached hydrogens (tertiary/aromatic N) is 3. The molecule has 4 rings (SSSR count). The molecular formula is C20H18FN3O3. The largest absolute Gasteiger partial charge is 0.485 e. The van der Waals surface area contributed by atoms with Crippen molar-refractivity contribution in [3.05, 3.63) is 71.1 Å². The molecule has 0 N–H and O–H groups in total. The highest BCUT2D eigenvalue weighted by atomic mass is 19.1. The number of carbonyl (C=O) groups excluding carboxylic acids is 1. The Bertz CT molecular complexity index is 986. The molecule has 0 fully saturated rings. The molecule has 2 aromatic carbocycles. The fourth-order valence-corrected chi connectivity index (χ4v) is 3.22. The first-order valence-corrected chi connectivity index (χ1v) is 8.73. The number of carbonyl (C=O) groups is 1. The molecule has 0 unspecified atom stereocenters. The van der Waals surface area contributed by atoms with Gasteiger partial charge in [-0.05, 0) is 42.7 Å². The standard InChI is InChI=1S/C20H18FN3O3/c1-13-22-19(23-27-13)12-26-18-7-3-2-6-16(18)20(25)24-10-4-5-14-8-9-15(21)11-17(14)24/h2-3,6-9,11H,4-5,10,12H2,1H3. The number of amides is 1. The molecule has 0 radical (unpaired) electrons. The molecule has 0 aliphatic carbocycles. The van der Waals surface area contributed by atoms with Crippen LogP contribution in [0.3, 0.4) is 0 Å². The molecule has 2 heterocycles. The molecule has 138 valence electrons. The predicted octanol–water partition coefficient (Wildman–Crippen LogP) is 3.69. The van der Waals surface area contributed by atoms with Crippen LogP contribution in [-0.2, 0) is 13.0 Å². The van der Waals surface area contributed by atoms with Crippen molar-refractivity contribution in [1.29, 1.82) is 0 Å². The Morgan fingerprint density at radius 3 is 2.96 bits per heavy atom. The molecule has 0 bridgehead atoms. The van der Waals surface area contributed by atoms with E-state index in [2.05, 4.69) is 10.1 Å². The van der Waals surface area contributed by atoms with Gasteiger partial charge in [0.1, 0.15) is 11.6 Å². The van der Waals surface area contributed by atoms with Crippen molar-refractivity contribution in [2.24, 2.45) is 0 Å². The van der Waals surface area contributed by atoms with Crippen molar-refractivity contribution in [3.63, 3.8) is 0 Å². The lowest BCUT2D eigenvalue weighted by molar-refractivity contribution is 0.0980. The number of ether oxygens (including phenoxy) is 1. The third-order valence-corrected chi connectivity index (χ3v) is 4.46. The van der Waals surface area contributed by atoms with Gasteiger partial charge in [-0.1, -0.05) is 23.4 Å². The van der Waals surface area contributed by atoms with Gasteiger partial charge in [-0.15, -0.1) is 0 Å². The molecule has 1 amide bonds. The summed E-state index contributed by atoms with van der Waals surface area (Å²) in [6.07, 6.45) is 1.66. The molecule has 0 saturated carbocycles. The highest BCUT2D eigenvalue weighted by molar-refractivity contribution is 6.08. The Morgan fingerprint density at radius 2 is 2.15 bits per heavy atom. The second-order valence-electron chi connectivity index (χ2n) is 6.35. The van der Waals surface area contributed by atoms with Gasteiger partial charge in [-0.2, -0.15) is 4.98 Å². The van der Waals surface area contributed by atoms with E-state index < -0.39 is 0 Å². The maximum absolute atomic E-state index is 13.7. The number of rotatable bonds is 4. The number of hydrogen-bond donors (Lipinski definition) is 0. The number of aromatic nitrogens is 2. The topological polar surface area (TPSA) is 68.5 Å². The normalized spacial score (nSPS) is 13.3. The van der Waals surface area contributed by atoms with Crippen LogP contribution in [0.2, 0.25) is 0 Å². The first kappa shape index (κ1) is 17.2. The number of para-hydroxylation sites is 1. The number of aryl methyl sites for hydroxylation is 2. The number of fused-ring (bicyclic) bond motifs is 1. The second kappa shape index (κ2) is 7.19. The van der Waals surface area contributed by atoms with Crippen LogP contribution in [0.5, 0.6) is 5.75 Å². The molecule has 6 nitrogen and oxygen atoms in total. The Morgan fingerprint density at radius 1 is 1.30 bits per heavy atom. The zero-order chi connectivity index (χ0) is 18.8. The molecule has 3 aromatic rings. The first-order chi connectivity index (χ1) is 13.1. The van der Waals surface area contributed by atoms with Gasteiger partial charge in [0.05, 0.1) is 11.3 Å². The molecule has 7 heteroatoms. The van der Waals surface area contributed by atoms with Crippen molar-refractivity contribution in [2.75, 3.05) is 11.4 Å². The van der Waals surface area contributed by atoms with Crippen molar-refractivity contribution < 1.29 is 18.4 Å². The van der Waals surface area contributed by atoms with E-state index in [4.69, 9.17) is 9.26 Å². The maximum atomic E-state index is 13.7. The summed E-state index contributed by atoms with van der Waals surface area (Å²) >= 11 is 0. The van der Waals surface area contributed by atoms with Crippen LogP contribution in [0.4, 0.5) is 10.1 Å². The number of halogens is 1. The highest BCUT2D eigenvalue weighted by Crippen LogP contribution is 2.31. The van der Waals surface area contributed by atoms with E-state index in [-0.39, 0.29) is 18.3 Å². The monoisotopic (exact) mass is 367 g/mol. The lowest BCUT2D eigenvalue weighted by atomic mass is 10.0. The third-order valence-electron chi connectivity index (χ3n) is 4.46. The molecule has 0 spiro atoms. The van der Waals surface area contributed by atoms with Gasteiger partial charge in [-0.3, -0.25) is 4.79 Å². The van der Waals surface area contributed by atoms with Gasteiger partial charge in [0.2, 0.25) is 11.7 Å². The quantitative estimate of drug-likeness (QED) is 0.703. The van der Waals surface area contributed by atoms with Crippen molar-refractivity contribution in [2.45, 2.75) is 26.4 Å². The van der Waals surface area contributed by atoms with Crippen LogP contribution in [0.1, 0.15) is 34.1 Å². The van der Waals surface area contributed by atoms with Gasteiger partial charge >= 0.3 is 0 Å². The fraction of sp³-hybridized carbons (Fsp3) is 0.250. The van der Waals surface area contributed by atoms with Crippen molar-refractivity contribution in [1.82, 2.24) is 10.1 Å². The van der Waals surface area contributed by atoms with Crippen molar-refractivity contribution >= 4 is 11.6 Å². The van der Waals surface area contributed by atoms with Crippen LogP contribution in [0, 0.1) is 12.7 Å². The zero-order valence-corrected chi connectivity index (χ0v) is 14.8. The molecule has 0 saturated heterocycles. The number of anilines is 1.